The Bertz CT molecular complexity index is 654. The number of hydrogen-bond donors (Lipinski definition) is 1. The fraction of sp³-hybridized carbons (Fsp3) is 0.429. The van der Waals surface area contributed by atoms with Gasteiger partial charge in [0, 0.05) is 38.5 Å². The normalized spacial score (nSPS) is 16.2. The standard InChI is InChI=1S/C14H20N6O2/c1-18(2)6-5-10-7-11-12(16-10)8-13(15-9-19(3)4)14(17-11)20(21)22/h5-7,16H,8-9H2,1-4H3. The van der Waals surface area contributed by atoms with Crippen molar-refractivity contribution in [1.82, 2.24) is 14.8 Å². The zero-order valence-electron chi connectivity index (χ0n) is 13.2. The minimum Gasteiger partial charge on any atom is -0.383 e. The third kappa shape index (κ3) is 3.79. The van der Waals surface area contributed by atoms with Crippen molar-refractivity contribution in [2.75, 3.05) is 34.9 Å². The minimum absolute atomic E-state index is 0.170. The fourth-order valence-corrected chi connectivity index (χ4v) is 1.99. The van der Waals surface area contributed by atoms with E-state index < -0.39 is 4.92 Å². The Hall–Kier alpha value is -2.48. The first-order valence-electron chi connectivity index (χ1n) is 6.85. The molecule has 1 N–H and O–H groups in total. The van der Waals surface area contributed by atoms with E-state index in [-0.39, 0.29) is 5.84 Å². The van der Waals surface area contributed by atoms with Crippen LogP contribution in [0.5, 0.6) is 0 Å². The molecule has 0 spiro atoms. The van der Waals surface area contributed by atoms with Crippen molar-refractivity contribution in [1.29, 1.82) is 0 Å². The summed E-state index contributed by atoms with van der Waals surface area (Å²) in [5.41, 5.74) is 2.71. The second-order valence-corrected chi connectivity index (χ2v) is 5.56. The largest absolute Gasteiger partial charge is 0.385 e. The van der Waals surface area contributed by atoms with E-state index in [1.165, 1.54) is 0 Å². The van der Waals surface area contributed by atoms with Gasteiger partial charge in [-0.1, -0.05) is 0 Å². The van der Waals surface area contributed by atoms with Crippen LogP contribution in [0.2, 0.25) is 0 Å². The van der Waals surface area contributed by atoms with Crippen molar-refractivity contribution in [3.8, 4) is 0 Å². The zero-order chi connectivity index (χ0) is 16.3. The number of hydrogen-bond acceptors (Lipinski definition) is 6. The Morgan fingerprint density at radius 2 is 2.18 bits per heavy atom. The molecule has 1 aromatic rings. The van der Waals surface area contributed by atoms with Crippen LogP contribution in [0, 0.1) is 10.1 Å². The van der Waals surface area contributed by atoms with Gasteiger partial charge in [-0.15, -0.1) is 0 Å². The van der Waals surface area contributed by atoms with Crippen molar-refractivity contribution >= 4 is 23.3 Å². The van der Waals surface area contributed by atoms with E-state index in [1.807, 2.05) is 56.3 Å². The number of rotatable bonds is 4. The third-order valence-corrected chi connectivity index (χ3v) is 2.99. The lowest BCUT2D eigenvalue weighted by Crippen LogP contribution is -2.29. The van der Waals surface area contributed by atoms with Gasteiger partial charge in [0.1, 0.15) is 5.71 Å². The van der Waals surface area contributed by atoms with Crippen LogP contribution in [0.1, 0.15) is 11.4 Å². The van der Waals surface area contributed by atoms with Gasteiger partial charge in [-0.3, -0.25) is 9.89 Å². The summed E-state index contributed by atoms with van der Waals surface area (Å²) in [4.78, 5) is 26.1. The monoisotopic (exact) mass is 304 g/mol. The number of aliphatic imine (C=N–C) groups is 2. The molecule has 0 saturated carbocycles. The van der Waals surface area contributed by atoms with E-state index in [9.17, 15) is 10.1 Å². The lowest BCUT2D eigenvalue weighted by molar-refractivity contribution is -0.346. The first-order valence-corrected chi connectivity index (χ1v) is 6.85. The van der Waals surface area contributed by atoms with Gasteiger partial charge < -0.3 is 20.0 Å². The summed E-state index contributed by atoms with van der Waals surface area (Å²) in [6.07, 6.45) is 4.19. The SMILES string of the molecule is CN(C)C=Cc1cc2c([nH]1)CC(=NCN(C)C)C([N+](=O)[O-])=N2. The van der Waals surface area contributed by atoms with Gasteiger partial charge in [-0.25, -0.2) is 0 Å². The number of H-pyrrole nitrogens is 1. The number of aromatic amines is 1. The predicted octanol–water partition coefficient (Wildman–Crippen LogP) is 1.37. The number of aromatic nitrogens is 1. The molecule has 0 unspecified atom stereocenters. The summed E-state index contributed by atoms with van der Waals surface area (Å²) >= 11 is 0. The number of nitrogens with one attached hydrogen (secondary N) is 1. The molecule has 1 aliphatic heterocycles. The molecule has 0 aromatic carbocycles. The average Bonchev–Trinajstić information content (AvgIpc) is 2.83. The number of nitrogens with zero attached hydrogens (tertiary/aromatic N) is 5. The van der Waals surface area contributed by atoms with Gasteiger partial charge in [0.05, 0.1) is 12.4 Å². The summed E-state index contributed by atoms with van der Waals surface area (Å²) in [5.74, 6) is -0.170. The molecule has 0 radical (unpaired) electrons. The molecule has 0 bridgehead atoms. The molecule has 0 aliphatic carbocycles. The first kappa shape index (κ1) is 15.9. The second kappa shape index (κ2) is 6.52. The molecular weight excluding hydrogens is 284 g/mol. The van der Waals surface area contributed by atoms with E-state index >= 15 is 0 Å². The number of fused-ring (bicyclic) bond motifs is 1. The molecule has 0 amide bonds. The van der Waals surface area contributed by atoms with Crippen LogP contribution < -0.4 is 0 Å². The van der Waals surface area contributed by atoms with Crippen molar-refractivity contribution < 1.29 is 4.92 Å². The van der Waals surface area contributed by atoms with Gasteiger partial charge in [0.15, 0.2) is 5.69 Å². The maximum Gasteiger partial charge on any atom is 0.385 e. The topological polar surface area (TPSA) is 90.1 Å². The van der Waals surface area contributed by atoms with Gasteiger partial charge in [0.2, 0.25) is 0 Å². The first-order chi connectivity index (χ1) is 10.4. The van der Waals surface area contributed by atoms with Crippen molar-refractivity contribution in [2.45, 2.75) is 6.42 Å². The van der Waals surface area contributed by atoms with Crippen molar-refractivity contribution in [3.05, 3.63) is 33.8 Å². The van der Waals surface area contributed by atoms with E-state index in [0.29, 0.717) is 24.5 Å². The van der Waals surface area contributed by atoms with Gasteiger partial charge in [0.25, 0.3) is 0 Å². The molecule has 0 saturated heterocycles. The van der Waals surface area contributed by atoms with Crippen LogP contribution in [0.4, 0.5) is 5.69 Å². The van der Waals surface area contributed by atoms with E-state index in [0.717, 1.165) is 11.4 Å². The molecule has 0 atom stereocenters. The van der Waals surface area contributed by atoms with Crippen molar-refractivity contribution in [2.24, 2.45) is 9.98 Å². The fourth-order valence-electron chi connectivity index (χ4n) is 1.99. The van der Waals surface area contributed by atoms with Crippen LogP contribution in [0.25, 0.3) is 6.08 Å². The highest BCUT2D eigenvalue weighted by molar-refractivity contribution is 6.40. The summed E-state index contributed by atoms with van der Waals surface area (Å²) in [7, 11) is 7.57. The molecule has 22 heavy (non-hydrogen) atoms. The van der Waals surface area contributed by atoms with Gasteiger partial charge >= 0.3 is 5.84 Å². The number of amidine groups is 1. The van der Waals surface area contributed by atoms with Gasteiger partial charge in [-0.05, 0) is 30.1 Å². The smallest absolute Gasteiger partial charge is 0.383 e. The lowest BCUT2D eigenvalue weighted by Gasteiger charge is -2.10. The average molecular weight is 304 g/mol. The molecule has 0 fully saturated rings. The zero-order valence-corrected chi connectivity index (χ0v) is 13.2. The molecule has 118 valence electrons. The summed E-state index contributed by atoms with van der Waals surface area (Å²) in [5, 5.41) is 11.2. The quantitative estimate of drug-likeness (QED) is 0.672. The predicted molar refractivity (Wildman–Crippen MR) is 87.3 cm³/mol. The summed E-state index contributed by atoms with van der Waals surface area (Å²) < 4.78 is 0. The summed E-state index contributed by atoms with van der Waals surface area (Å²) in [6.45, 7) is 0.394. The molecule has 1 aromatic heterocycles. The Balaban J connectivity index is 2.33. The Kier molecular flexibility index (Phi) is 4.71. The lowest BCUT2D eigenvalue weighted by atomic mass is 10.1. The molecule has 8 nitrogen and oxygen atoms in total. The van der Waals surface area contributed by atoms with Crippen LogP contribution >= 0.6 is 0 Å². The Labute approximate surface area is 129 Å². The number of nitro groups is 1. The maximum absolute atomic E-state index is 11.2. The van der Waals surface area contributed by atoms with Gasteiger partial charge in [-0.2, -0.15) is 0 Å². The third-order valence-electron chi connectivity index (χ3n) is 2.99. The highest BCUT2D eigenvalue weighted by atomic mass is 16.6. The molecule has 2 heterocycles. The summed E-state index contributed by atoms with van der Waals surface area (Å²) in [6, 6.07) is 1.81. The second-order valence-electron chi connectivity index (χ2n) is 5.56. The highest BCUT2D eigenvalue weighted by Crippen LogP contribution is 2.26. The van der Waals surface area contributed by atoms with E-state index in [2.05, 4.69) is 15.0 Å². The molecular formula is C14H20N6O2. The van der Waals surface area contributed by atoms with Crippen LogP contribution in [0.3, 0.4) is 0 Å². The van der Waals surface area contributed by atoms with E-state index in [4.69, 9.17) is 0 Å². The van der Waals surface area contributed by atoms with Crippen LogP contribution in [-0.2, 0) is 6.42 Å². The maximum atomic E-state index is 11.2. The van der Waals surface area contributed by atoms with Crippen molar-refractivity contribution in [3.63, 3.8) is 0 Å². The Morgan fingerprint density at radius 3 is 2.77 bits per heavy atom. The minimum atomic E-state index is -0.472. The van der Waals surface area contributed by atoms with Crippen LogP contribution in [0.15, 0.2) is 22.3 Å². The van der Waals surface area contributed by atoms with E-state index in [1.54, 1.807) is 0 Å². The molecule has 8 heteroatoms. The molecule has 2 rings (SSSR count). The molecule has 1 aliphatic rings. The van der Waals surface area contributed by atoms with Crippen LogP contribution in [-0.4, -0.2) is 66.1 Å². The Morgan fingerprint density at radius 1 is 1.45 bits per heavy atom. The highest BCUT2D eigenvalue weighted by Gasteiger charge is 2.30.